The van der Waals surface area contributed by atoms with Crippen molar-refractivity contribution in [2.75, 3.05) is 13.1 Å². The lowest BCUT2D eigenvalue weighted by Gasteiger charge is -2.13. The van der Waals surface area contributed by atoms with Crippen LogP contribution in [0.5, 0.6) is 0 Å². The van der Waals surface area contributed by atoms with Gasteiger partial charge in [-0.2, -0.15) is 0 Å². The highest BCUT2D eigenvalue weighted by molar-refractivity contribution is 5.85. The van der Waals surface area contributed by atoms with Crippen molar-refractivity contribution in [1.29, 1.82) is 0 Å². The molecule has 1 N–H and O–H groups in total. The van der Waals surface area contributed by atoms with E-state index in [1.165, 1.54) is 19.3 Å². The van der Waals surface area contributed by atoms with Gasteiger partial charge in [0.15, 0.2) is 0 Å². The van der Waals surface area contributed by atoms with Gasteiger partial charge in [0.25, 0.3) is 0 Å². The summed E-state index contributed by atoms with van der Waals surface area (Å²) in [7, 11) is 0. The number of hydrogen-bond acceptors (Lipinski definition) is 1. The molecule has 0 amide bonds. The molecule has 1 aliphatic heterocycles. The maximum Gasteiger partial charge on any atom is 0.126 e. The summed E-state index contributed by atoms with van der Waals surface area (Å²) in [5, 5.41) is 3.38. The molecule has 0 saturated carbocycles. The van der Waals surface area contributed by atoms with Crippen LogP contribution in [0.2, 0.25) is 0 Å². The van der Waals surface area contributed by atoms with E-state index in [4.69, 9.17) is 0 Å². The molecule has 2 rings (SSSR count). The lowest BCUT2D eigenvalue weighted by molar-refractivity contribution is 0.458. The fourth-order valence-electron chi connectivity index (χ4n) is 2.27. The molecule has 0 aliphatic carbocycles. The Morgan fingerprint density at radius 2 is 2.00 bits per heavy atom. The molecule has 0 aromatic heterocycles. The van der Waals surface area contributed by atoms with Gasteiger partial charge in [0.05, 0.1) is 0 Å². The molecule has 1 aromatic rings. The van der Waals surface area contributed by atoms with Crippen molar-refractivity contribution in [2.24, 2.45) is 5.92 Å². The van der Waals surface area contributed by atoms with Crippen molar-refractivity contribution in [3.05, 3.63) is 35.6 Å². The van der Waals surface area contributed by atoms with Crippen LogP contribution in [0.3, 0.4) is 0 Å². The smallest absolute Gasteiger partial charge is 0.126 e. The number of nitrogens with one attached hydrogen (secondary N) is 1. The molecular formula is C13H19ClFN. The van der Waals surface area contributed by atoms with Gasteiger partial charge in [-0.3, -0.25) is 0 Å². The summed E-state index contributed by atoms with van der Waals surface area (Å²) < 4.78 is 13.4. The van der Waals surface area contributed by atoms with Crippen LogP contribution in [0.1, 0.15) is 24.8 Å². The van der Waals surface area contributed by atoms with E-state index in [0.717, 1.165) is 25.1 Å². The van der Waals surface area contributed by atoms with Crippen molar-refractivity contribution in [1.82, 2.24) is 5.32 Å². The van der Waals surface area contributed by atoms with Crippen LogP contribution in [0.25, 0.3) is 0 Å². The van der Waals surface area contributed by atoms with Crippen molar-refractivity contribution in [3.63, 3.8) is 0 Å². The summed E-state index contributed by atoms with van der Waals surface area (Å²) in [6.45, 7) is 2.20. The molecule has 0 radical (unpaired) electrons. The van der Waals surface area contributed by atoms with Crippen molar-refractivity contribution >= 4 is 12.4 Å². The van der Waals surface area contributed by atoms with Crippen LogP contribution >= 0.6 is 12.4 Å². The average molecular weight is 244 g/mol. The number of hydrogen-bond donors (Lipinski definition) is 1. The summed E-state index contributed by atoms with van der Waals surface area (Å²) in [6, 6.07) is 7.15. The van der Waals surface area contributed by atoms with Gasteiger partial charge in [-0.15, -0.1) is 12.4 Å². The van der Waals surface area contributed by atoms with Gasteiger partial charge in [-0.05, 0) is 56.3 Å². The summed E-state index contributed by atoms with van der Waals surface area (Å²) >= 11 is 0. The predicted octanol–water partition coefficient (Wildman–Crippen LogP) is 3.18. The van der Waals surface area contributed by atoms with Crippen LogP contribution in [0, 0.1) is 11.7 Å². The molecule has 16 heavy (non-hydrogen) atoms. The van der Waals surface area contributed by atoms with E-state index in [1.54, 1.807) is 12.1 Å². The van der Waals surface area contributed by atoms with Gasteiger partial charge >= 0.3 is 0 Å². The summed E-state index contributed by atoms with van der Waals surface area (Å²) in [5.74, 6) is 0.603. The number of rotatable bonds is 2. The van der Waals surface area contributed by atoms with Crippen LogP contribution in [0.15, 0.2) is 24.3 Å². The Hall–Kier alpha value is -0.600. The largest absolute Gasteiger partial charge is 0.317 e. The first-order valence-electron chi connectivity index (χ1n) is 5.80. The van der Waals surface area contributed by atoms with E-state index in [2.05, 4.69) is 5.32 Å². The Labute approximate surface area is 103 Å². The minimum Gasteiger partial charge on any atom is -0.317 e. The fraction of sp³-hybridized carbons (Fsp3) is 0.538. The maximum atomic E-state index is 13.4. The second kappa shape index (κ2) is 6.87. The van der Waals surface area contributed by atoms with Crippen molar-refractivity contribution in [2.45, 2.75) is 25.7 Å². The average Bonchev–Trinajstić information content (AvgIpc) is 2.50. The minimum atomic E-state index is -0.0466. The summed E-state index contributed by atoms with van der Waals surface area (Å²) in [6.07, 6.45) is 4.52. The zero-order chi connectivity index (χ0) is 10.5. The van der Waals surface area contributed by atoms with Gasteiger partial charge < -0.3 is 5.32 Å². The Kier molecular flexibility index (Phi) is 5.78. The zero-order valence-corrected chi connectivity index (χ0v) is 10.2. The Morgan fingerprint density at radius 3 is 2.81 bits per heavy atom. The summed E-state index contributed by atoms with van der Waals surface area (Å²) in [5.41, 5.74) is 0.879. The van der Waals surface area contributed by atoms with E-state index < -0.39 is 0 Å². The van der Waals surface area contributed by atoms with Gasteiger partial charge in [0.1, 0.15) is 5.82 Å². The fourth-order valence-corrected chi connectivity index (χ4v) is 2.27. The lowest BCUT2D eigenvalue weighted by atomic mass is 9.92. The van der Waals surface area contributed by atoms with Crippen LogP contribution in [-0.4, -0.2) is 13.1 Å². The topological polar surface area (TPSA) is 12.0 Å². The maximum absolute atomic E-state index is 13.4. The second-order valence-corrected chi connectivity index (χ2v) is 4.34. The van der Waals surface area contributed by atoms with Crippen LogP contribution in [-0.2, 0) is 6.42 Å². The highest BCUT2D eigenvalue weighted by Gasteiger charge is 2.13. The molecule has 1 heterocycles. The molecule has 1 aliphatic rings. The Bertz CT molecular complexity index is 309. The van der Waals surface area contributed by atoms with E-state index in [0.29, 0.717) is 5.92 Å². The van der Waals surface area contributed by atoms with E-state index in [1.807, 2.05) is 12.1 Å². The molecule has 1 saturated heterocycles. The van der Waals surface area contributed by atoms with Crippen molar-refractivity contribution in [3.8, 4) is 0 Å². The molecule has 0 spiro atoms. The molecule has 1 nitrogen and oxygen atoms in total. The molecule has 0 bridgehead atoms. The zero-order valence-electron chi connectivity index (χ0n) is 9.42. The SMILES string of the molecule is Cl.Fc1ccccc1CC1CCCNCC1. The Balaban J connectivity index is 0.00000128. The third-order valence-electron chi connectivity index (χ3n) is 3.16. The molecular weight excluding hydrogens is 225 g/mol. The Morgan fingerprint density at radius 1 is 1.19 bits per heavy atom. The van der Waals surface area contributed by atoms with Gasteiger partial charge in [-0.1, -0.05) is 18.2 Å². The quantitative estimate of drug-likeness (QED) is 0.841. The normalized spacial score (nSPS) is 20.9. The predicted molar refractivity (Wildman–Crippen MR) is 67.6 cm³/mol. The minimum absolute atomic E-state index is 0. The molecule has 3 heteroatoms. The molecule has 1 atom stereocenters. The van der Waals surface area contributed by atoms with Crippen LogP contribution < -0.4 is 5.32 Å². The standard InChI is InChI=1S/C13H18FN.ClH/c14-13-6-2-1-5-12(13)10-11-4-3-8-15-9-7-11;/h1-2,5-6,11,15H,3-4,7-10H2;1H. The summed E-state index contributed by atoms with van der Waals surface area (Å²) in [4.78, 5) is 0. The monoisotopic (exact) mass is 243 g/mol. The highest BCUT2D eigenvalue weighted by Crippen LogP contribution is 2.20. The second-order valence-electron chi connectivity index (χ2n) is 4.34. The van der Waals surface area contributed by atoms with Gasteiger partial charge in [0.2, 0.25) is 0 Å². The van der Waals surface area contributed by atoms with Crippen LogP contribution in [0.4, 0.5) is 4.39 Å². The first-order chi connectivity index (χ1) is 7.36. The first-order valence-corrected chi connectivity index (χ1v) is 5.80. The molecule has 1 fully saturated rings. The third-order valence-corrected chi connectivity index (χ3v) is 3.16. The van der Waals surface area contributed by atoms with Gasteiger partial charge in [-0.25, -0.2) is 4.39 Å². The third kappa shape index (κ3) is 3.76. The van der Waals surface area contributed by atoms with Crippen molar-refractivity contribution < 1.29 is 4.39 Å². The molecule has 1 unspecified atom stereocenters. The van der Waals surface area contributed by atoms with Gasteiger partial charge in [0, 0.05) is 0 Å². The molecule has 1 aromatic carbocycles. The highest BCUT2D eigenvalue weighted by atomic mass is 35.5. The van der Waals surface area contributed by atoms with E-state index in [9.17, 15) is 4.39 Å². The first kappa shape index (κ1) is 13.5. The van der Waals surface area contributed by atoms with E-state index in [-0.39, 0.29) is 18.2 Å². The number of benzene rings is 1. The molecule has 90 valence electrons. The van der Waals surface area contributed by atoms with E-state index >= 15 is 0 Å². The lowest BCUT2D eigenvalue weighted by Crippen LogP contribution is -2.14. The number of halogens is 2.